The minimum absolute atomic E-state index is 0.0591. The first-order valence-electron chi connectivity index (χ1n) is 4.26. The standard InChI is InChI=1S/C8H14BrNO2/c9-5-8(12)10-4-2-1-3-7(10)6-11/h7,11H,1-6H2. The van der Waals surface area contributed by atoms with Crippen molar-refractivity contribution in [3.63, 3.8) is 0 Å². The summed E-state index contributed by atoms with van der Waals surface area (Å²) >= 11 is 3.13. The van der Waals surface area contributed by atoms with Crippen LogP contribution in [0.4, 0.5) is 0 Å². The van der Waals surface area contributed by atoms with Gasteiger partial charge < -0.3 is 10.0 Å². The summed E-state index contributed by atoms with van der Waals surface area (Å²) in [5.74, 6) is 0.0914. The molecule has 0 radical (unpaired) electrons. The normalized spacial score (nSPS) is 24.2. The number of carbonyl (C=O) groups is 1. The van der Waals surface area contributed by atoms with Gasteiger partial charge in [-0.25, -0.2) is 0 Å². The number of hydrogen-bond donors (Lipinski definition) is 1. The van der Waals surface area contributed by atoms with E-state index in [2.05, 4.69) is 15.9 Å². The molecule has 1 aliphatic heterocycles. The van der Waals surface area contributed by atoms with Crippen LogP contribution in [-0.4, -0.2) is 40.4 Å². The van der Waals surface area contributed by atoms with E-state index in [9.17, 15) is 4.79 Å². The molecule has 1 fully saturated rings. The van der Waals surface area contributed by atoms with Gasteiger partial charge in [-0.2, -0.15) is 0 Å². The number of likely N-dealkylation sites (tertiary alicyclic amines) is 1. The Balaban J connectivity index is 2.52. The van der Waals surface area contributed by atoms with Crippen LogP contribution < -0.4 is 0 Å². The highest BCUT2D eigenvalue weighted by atomic mass is 79.9. The predicted molar refractivity (Wildman–Crippen MR) is 50.2 cm³/mol. The van der Waals surface area contributed by atoms with Crippen molar-refractivity contribution in [3.8, 4) is 0 Å². The molecule has 0 aromatic rings. The molecule has 4 heteroatoms. The zero-order valence-electron chi connectivity index (χ0n) is 7.00. The van der Waals surface area contributed by atoms with Crippen molar-refractivity contribution >= 4 is 21.8 Å². The number of rotatable bonds is 2. The molecule has 1 atom stereocenters. The predicted octanol–water partition coefficient (Wildman–Crippen LogP) is 0.755. The van der Waals surface area contributed by atoms with Gasteiger partial charge in [-0.05, 0) is 19.3 Å². The Hall–Kier alpha value is -0.0900. The second-order valence-electron chi connectivity index (χ2n) is 3.05. The van der Waals surface area contributed by atoms with Crippen LogP contribution in [0.2, 0.25) is 0 Å². The maximum absolute atomic E-state index is 11.3. The lowest BCUT2D eigenvalue weighted by molar-refractivity contribution is -0.132. The van der Waals surface area contributed by atoms with Crippen molar-refractivity contribution in [1.82, 2.24) is 4.90 Å². The second kappa shape index (κ2) is 4.82. The first kappa shape index (κ1) is 9.99. The maximum atomic E-state index is 11.3. The minimum Gasteiger partial charge on any atom is -0.394 e. The molecule has 0 aromatic carbocycles. The van der Waals surface area contributed by atoms with Crippen LogP contribution >= 0.6 is 15.9 Å². The SMILES string of the molecule is O=C(CBr)N1CCCCC1CO. The number of nitrogens with zero attached hydrogens (tertiary/aromatic N) is 1. The Bertz CT molecular complexity index is 163. The highest BCUT2D eigenvalue weighted by molar-refractivity contribution is 9.09. The molecule has 0 aromatic heterocycles. The Morgan fingerprint density at radius 2 is 2.33 bits per heavy atom. The number of aliphatic hydroxyl groups is 1. The van der Waals surface area contributed by atoms with Crippen LogP contribution in [0.25, 0.3) is 0 Å². The highest BCUT2D eigenvalue weighted by Crippen LogP contribution is 2.16. The van der Waals surface area contributed by atoms with Crippen molar-refractivity contribution in [2.45, 2.75) is 25.3 Å². The van der Waals surface area contributed by atoms with Gasteiger partial charge in [0.25, 0.3) is 0 Å². The van der Waals surface area contributed by atoms with E-state index in [1.807, 2.05) is 0 Å². The zero-order valence-corrected chi connectivity index (χ0v) is 8.59. The number of halogens is 1. The molecule has 1 N–H and O–H groups in total. The molecule has 1 unspecified atom stereocenters. The summed E-state index contributed by atoms with van der Waals surface area (Å²) in [7, 11) is 0. The van der Waals surface area contributed by atoms with Gasteiger partial charge in [0, 0.05) is 6.54 Å². The first-order valence-corrected chi connectivity index (χ1v) is 5.38. The molecule has 0 bridgehead atoms. The molecule has 1 heterocycles. The van der Waals surface area contributed by atoms with Crippen LogP contribution in [0.1, 0.15) is 19.3 Å². The van der Waals surface area contributed by atoms with Crippen molar-refractivity contribution in [2.75, 3.05) is 18.5 Å². The van der Waals surface area contributed by atoms with E-state index in [4.69, 9.17) is 5.11 Å². The van der Waals surface area contributed by atoms with Gasteiger partial charge in [0.05, 0.1) is 18.0 Å². The summed E-state index contributed by atoms with van der Waals surface area (Å²) in [6.07, 6.45) is 3.13. The molecule has 1 rings (SSSR count). The topological polar surface area (TPSA) is 40.5 Å². The molecular weight excluding hydrogens is 222 g/mol. The number of alkyl halides is 1. The molecule has 12 heavy (non-hydrogen) atoms. The van der Waals surface area contributed by atoms with E-state index >= 15 is 0 Å². The van der Waals surface area contributed by atoms with E-state index in [1.165, 1.54) is 0 Å². The number of aliphatic hydroxyl groups excluding tert-OH is 1. The number of piperidine rings is 1. The first-order chi connectivity index (χ1) is 5.79. The number of carbonyl (C=O) groups excluding carboxylic acids is 1. The third-order valence-electron chi connectivity index (χ3n) is 2.27. The molecular formula is C8H14BrNO2. The van der Waals surface area contributed by atoms with E-state index in [0.717, 1.165) is 25.8 Å². The Kier molecular flexibility index (Phi) is 4.01. The summed E-state index contributed by atoms with van der Waals surface area (Å²) in [5.41, 5.74) is 0. The maximum Gasteiger partial charge on any atom is 0.233 e. The molecule has 0 aliphatic carbocycles. The van der Waals surface area contributed by atoms with Gasteiger partial charge in [0.15, 0.2) is 0 Å². The minimum atomic E-state index is 0.0591. The average molecular weight is 236 g/mol. The average Bonchev–Trinajstić information content (AvgIpc) is 2.16. The third kappa shape index (κ3) is 2.20. The van der Waals surface area contributed by atoms with Gasteiger partial charge in [-0.15, -0.1) is 0 Å². The number of hydrogen-bond acceptors (Lipinski definition) is 2. The smallest absolute Gasteiger partial charge is 0.233 e. The van der Waals surface area contributed by atoms with E-state index in [1.54, 1.807) is 4.90 Å². The lowest BCUT2D eigenvalue weighted by atomic mass is 10.0. The lowest BCUT2D eigenvalue weighted by Crippen LogP contribution is -2.46. The molecule has 0 saturated carbocycles. The van der Waals surface area contributed by atoms with Gasteiger partial charge in [-0.3, -0.25) is 4.79 Å². The second-order valence-corrected chi connectivity index (χ2v) is 3.61. The summed E-state index contributed by atoms with van der Waals surface area (Å²) < 4.78 is 0. The van der Waals surface area contributed by atoms with Gasteiger partial charge in [0.2, 0.25) is 5.91 Å². The van der Waals surface area contributed by atoms with Gasteiger partial charge in [0.1, 0.15) is 0 Å². The fourth-order valence-electron chi connectivity index (χ4n) is 1.60. The lowest BCUT2D eigenvalue weighted by Gasteiger charge is -2.34. The van der Waals surface area contributed by atoms with Crippen molar-refractivity contribution in [3.05, 3.63) is 0 Å². The largest absolute Gasteiger partial charge is 0.394 e. The van der Waals surface area contributed by atoms with E-state index in [-0.39, 0.29) is 18.6 Å². The molecule has 1 saturated heterocycles. The molecule has 1 aliphatic rings. The monoisotopic (exact) mass is 235 g/mol. The van der Waals surface area contributed by atoms with Gasteiger partial charge in [-0.1, -0.05) is 15.9 Å². The Labute approximate surface area is 80.9 Å². The Morgan fingerprint density at radius 1 is 1.58 bits per heavy atom. The quantitative estimate of drug-likeness (QED) is 0.719. The zero-order chi connectivity index (χ0) is 8.97. The summed E-state index contributed by atoms with van der Waals surface area (Å²) in [4.78, 5) is 13.1. The van der Waals surface area contributed by atoms with E-state index < -0.39 is 0 Å². The summed E-state index contributed by atoms with van der Waals surface area (Å²) in [5, 5.41) is 9.36. The fraction of sp³-hybridized carbons (Fsp3) is 0.875. The van der Waals surface area contributed by atoms with Crippen LogP contribution in [0.5, 0.6) is 0 Å². The highest BCUT2D eigenvalue weighted by Gasteiger charge is 2.24. The summed E-state index contributed by atoms with van der Waals surface area (Å²) in [6.45, 7) is 0.897. The van der Waals surface area contributed by atoms with Crippen molar-refractivity contribution in [2.24, 2.45) is 0 Å². The summed E-state index contributed by atoms with van der Waals surface area (Å²) in [6, 6.07) is 0.0591. The molecule has 70 valence electrons. The van der Waals surface area contributed by atoms with Crippen molar-refractivity contribution in [1.29, 1.82) is 0 Å². The van der Waals surface area contributed by atoms with Crippen LogP contribution in [-0.2, 0) is 4.79 Å². The van der Waals surface area contributed by atoms with Crippen molar-refractivity contribution < 1.29 is 9.90 Å². The number of amides is 1. The van der Waals surface area contributed by atoms with Crippen LogP contribution in [0.15, 0.2) is 0 Å². The van der Waals surface area contributed by atoms with Gasteiger partial charge >= 0.3 is 0 Å². The molecule has 0 spiro atoms. The molecule has 1 amide bonds. The third-order valence-corrected chi connectivity index (χ3v) is 2.75. The fourth-order valence-corrected chi connectivity index (χ4v) is 1.92. The van der Waals surface area contributed by atoms with Crippen LogP contribution in [0.3, 0.4) is 0 Å². The molecule has 3 nitrogen and oxygen atoms in total. The Morgan fingerprint density at radius 3 is 2.92 bits per heavy atom. The van der Waals surface area contributed by atoms with Crippen LogP contribution in [0, 0.1) is 0 Å². The van der Waals surface area contributed by atoms with E-state index in [0.29, 0.717) is 5.33 Å².